The van der Waals surface area contributed by atoms with E-state index >= 15 is 0 Å². The summed E-state index contributed by atoms with van der Waals surface area (Å²) >= 11 is 0. The predicted octanol–water partition coefficient (Wildman–Crippen LogP) is 1.67. The Labute approximate surface area is 106 Å². The molecule has 18 heavy (non-hydrogen) atoms. The van der Waals surface area contributed by atoms with E-state index in [9.17, 15) is 9.90 Å². The van der Waals surface area contributed by atoms with Crippen molar-refractivity contribution in [1.29, 1.82) is 0 Å². The number of ether oxygens (including phenoxy) is 1. The maximum atomic E-state index is 11.4. The summed E-state index contributed by atoms with van der Waals surface area (Å²) in [6.45, 7) is 2.11. The highest BCUT2D eigenvalue weighted by Gasteiger charge is 2.23. The first-order valence-corrected chi connectivity index (χ1v) is 6.37. The van der Waals surface area contributed by atoms with Gasteiger partial charge in [-0.05, 0) is 32.6 Å². The van der Waals surface area contributed by atoms with Crippen LogP contribution in [0, 0.1) is 0 Å². The van der Waals surface area contributed by atoms with E-state index in [0.717, 1.165) is 31.5 Å². The number of carbonyl (C=O) groups is 1. The molecule has 98 valence electrons. The van der Waals surface area contributed by atoms with Crippen LogP contribution in [0.3, 0.4) is 0 Å². The fourth-order valence-electron chi connectivity index (χ4n) is 2.20. The van der Waals surface area contributed by atoms with Crippen molar-refractivity contribution in [3.8, 4) is 0 Å². The van der Waals surface area contributed by atoms with Crippen LogP contribution in [0.1, 0.15) is 54.7 Å². The zero-order valence-electron chi connectivity index (χ0n) is 10.5. The van der Waals surface area contributed by atoms with Crippen LogP contribution >= 0.6 is 0 Å². The summed E-state index contributed by atoms with van der Waals surface area (Å²) in [4.78, 5) is 19.9. The van der Waals surface area contributed by atoms with Crippen LogP contribution in [0.25, 0.3) is 0 Å². The topological polar surface area (TPSA) is 72.3 Å². The molecule has 1 heterocycles. The zero-order valence-corrected chi connectivity index (χ0v) is 10.5. The molecular formula is C13H18N2O3. The van der Waals surface area contributed by atoms with E-state index in [-0.39, 0.29) is 12.1 Å². The molecule has 0 atom stereocenters. The molecule has 1 aromatic heterocycles. The van der Waals surface area contributed by atoms with Gasteiger partial charge in [-0.1, -0.05) is 0 Å². The van der Waals surface area contributed by atoms with E-state index in [0.29, 0.717) is 18.1 Å². The van der Waals surface area contributed by atoms with Gasteiger partial charge in [-0.25, -0.2) is 14.8 Å². The molecule has 5 heteroatoms. The molecule has 1 N–H and O–H groups in total. The molecule has 1 saturated carbocycles. The van der Waals surface area contributed by atoms with Gasteiger partial charge in [0, 0.05) is 18.3 Å². The van der Waals surface area contributed by atoms with Gasteiger partial charge < -0.3 is 9.84 Å². The van der Waals surface area contributed by atoms with Crippen molar-refractivity contribution in [3.05, 3.63) is 23.8 Å². The van der Waals surface area contributed by atoms with Gasteiger partial charge >= 0.3 is 5.97 Å². The Morgan fingerprint density at radius 3 is 2.50 bits per heavy atom. The number of aliphatic hydroxyl groups is 1. The average Bonchev–Trinajstić information content (AvgIpc) is 2.40. The Bertz CT molecular complexity index is 397. The van der Waals surface area contributed by atoms with Crippen LogP contribution in [-0.4, -0.2) is 33.8 Å². The number of rotatable bonds is 3. The molecule has 0 radical (unpaired) electrons. The Kier molecular flexibility index (Phi) is 4.25. The molecule has 0 saturated heterocycles. The molecule has 1 aliphatic carbocycles. The van der Waals surface area contributed by atoms with Crippen molar-refractivity contribution in [1.82, 2.24) is 9.97 Å². The first-order valence-electron chi connectivity index (χ1n) is 6.37. The molecule has 1 aliphatic rings. The largest absolute Gasteiger partial charge is 0.462 e. The lowest BCUT2D eigenvalue weighted by Crippen LogP contribution is -2.18. The Morgan fingerprint density at radius 2 is 1.94 bits per heavy atom. The predicted molar refractivity (Wildman–Crippen MR) is 65.2 cm³/mol. The molecule has 0 aromatic carbocycles. The summed E-state index contributed by atoms with van der Waals surface area (Å²) in [6.07, 6.45) is 6.26. The minimum absolute atomic E-state index is 0.181. The van der Waals surface area contributed by atoms with Gasteiger partial charge in [0.15, 0.2) is 0 Å². The van der Waals surface area contributed by atoms with Crippen molar-refractivity contribution in [2.24, 2.45) is 0 Å². The number of nitrogens with zero attached hydrogens (tertiary/aromatic N) is 2. The molecule has 0 unspecified atom stereocenters. The molecule has 0 amide bonds. The van der Waals surface area contributed by atoms with Gasteiger partial charge in [0.25, 0.3) is 0 Å². The Morgan fingerprint density at radius 1 is 1.33 bits per heavy atom. The Balaban J connectivity index is 2.01. The van der Waals surface area contributed by atoms with Gasteiger partial charge in [-0.3, -0.25) is 0 Å². The Hall–Kier alpha value is -1.49. The number of carbonyl (C=O) groups excluding carboxylic acids is 1. The van der Waals surface area contributed by atoms with Crippen molar-refractivity contribution in [2.75, 3.05) is 6.61 Å². The summed E-state index contributed by atoms with van der Waals surface area (Å²) in [5.41, 5.74) is 0.386. The molecular weight excluding hydrogens is 232 g/mol. The summed E-state index contributed by atoms with van der Waals surface area (Å²) in [7, 11) is 0. The first kappa shape index (κ1) is 13.0. The van der Waals surface area contributed by atoms with Crippen LogP contribution in [0.15, 0.2) is 12.4 Å². The molecule has 2 rings (SSSR count). The minimum atomic E-state index is -0.386. The normalized spacial score (nSPS) is 23.7. The number of hydrogen-bond acceptors (Lipinski definition) is 5. The molecule has 1 fully saturated rings. The lowest BCUT2D eigenvalue weighted by atomic mass is 9.87. The molecule has 1 aromatic rings. The zero-order chi connectivity index (χ0) is 13.0. The van der Waals surface area contributed by atoms with E-state index in [2.05, 4.69) is 9.97 Å². The molecule has 0 bridgehead atoms. The quantitative estimate of drug-likeness (QED) is 0.826. The van der Waals surface area contributed by atoms with Gasteiger partial charge in [0.1, 0.15) is 5.82 Å². The highest BCUT2D eigenvalue weighted by Crippen LogP contribution is 2.30. The maximum Gasteiger partial charge on any atom is 0.341 e. The second-order valence-electron chi connectivity index (χ2n) is 4.56. The summed E-state index contributed by atoms with van der Waals surface area (Å²) < 4.78 is 4.88. The third-order valence-electron chi connectivity index (χ3n) is 3.24. The summed E-state index contributed by atoms with van der Waals surface area (Å²) in [5.74, 6) is 0.669. The number of hydrogen-bond donors (Lipinski definition) is 1. The van der Waals surface area contributed by atoms with Crippen LogP contribution in [0.5, 0.6) is 0 Å². The van der Waals surface area contributed by atoms with E-state index < -0.39 is 0 Å². The number of aliphatic hydroxyl groups excluding tert-OH is 1. The summed E-state index contributed by atoms with van der Waals surface area (Å²) in [6, 6.07) is 0. The van der Waals surface area contributed by atoms with E-state index in [1.54, 1.807) is 6.92 Å². The van der Waals surface area contributed by atoms with Crippen LogP contribution in [0.2, 0.25) is 0 Å². The number of esters is 1. The van der Waals surface area contributed by atoms with Crippen molar-refractivity contribution in [2.45, 2.75) is 44.6 Å². The van der Waals surface area contributed by atoms with Crippen LogP contribution in [0.4, 0.5) is 0 Å². The molecule has 0 spiro atoms. The van der Waals surface area contributed by atoms with Crippen molar-refractivity contribution < 1.29 is 14.6 Å². The monoisotopic (exact) mass is 250 g/mol. The van der Waals surface area contributed by atoms with Crippen LogP contribution < -0.4 is 0 Å². The maximum absolute atomic E-state index is 11.4. The van der Waals surface area contributed by atoms with Gasteiger partial charge in [0.2, 0.25) is 0 Å². The molecule has 0 aliphatic heterocycles. The molecule has 5 nitrogen and oxygen atoms in total. The smallest absolute Gasteiger partial charge is 0.341 e. The van der Waals surface area contributed by atoms with Crippen LogP contribution in [-0.2, 0) is 4.74 Å². The van der Waals surface area contributed by atoms with E-state index in [1.165, 1.54) is 12.4 Å². The van der Waals surface area contributed by atoms with Gasteiger partial charge in [-0.15, -0.1) is 0 Å². The van der Waals surface area contributed by atoms with Gasteiger partial charge in [-0.2, -0.15) is 0 Å². The second-order valence-corrected chi connectivity index (χ2v) is 4.56. The van der Waals surface area contributed by atoms with Gasteiger partial charge in [0.05, 0.1) is 18.3 Å². The minimum Gasteiger partial charge on any atom is -0.462 e. The fourth-order valence-corrected chi connectivity index (χ4v) is 2.20. The highest BCUT2D eigenvalue weighted by molar-refractivity contribution is 5.88. The average molecular weight is 250 g/mol. The first-order chi connectivity index (χ1) is 8.70. The fraction of sp³-hybridized carbons (Fsp3) is 0.615. The third-order valence-corrected chi connectivity index (χ3v) is 3.24. The highest BCUT2D eigenvalue weighted by atomic mass is 16.5. The lowest BCUT2D eigenvalue weighted by molar-refractivity contribution is 0.0525. The third kappa shape index (κ3) is 3.04. The standard InChI is InChI=1S/C13H18N2O3/c1-2-18-13(17)10-7-14-12(15-8-10)9-3-5-11(16)6-4-9/h7-9,11,16H,2-6H2,1H3. The second kappa shape index (κ2) is 5.91. The number of aromatic nitrogens is 2. The lowest BCUT2D eigenvalue weighted by Gasteiger charge is -2.23. The van der Waals surface area contributed by atoms with Crippen molar-refractivity contribution >= 4 is 5.97 Å². The van der Waals surface area contributed by atoms with Crippen molar-refractivity contribution in [3.63, 3.8) is 0 Å². The SMILES string of the molecule is CCOC(=O)c1cnc(C2CCC(O)CC2)nc1. The van der Waals surface area contributed by atoms with E-state index in [4.69, 9.17) is 4.74 Å². The summed E-state index contributed by atoms with van der Waals surface area (Å²) in [5, 5.41) is 9.45. The van der Waals surface area contributed by atoms with E-state index in [1.807, 2.05) is 0 Å².